The van der Waals surface area contributed by atoms with Gasteiger partial charge >= 0.3 is 0 Å². The third kappa shape index (κ3) is 2.29. The molecule has 7 atom stereocenters. The molecule has 0 aromatic rings. The minimum Gasteiger partial charge on any atom is -0.393 e. The average molecular weight is 288 g/mol. The fourth-order valence-corrected chi connectivity index (χ4v) is 4.58. The lowest BCUT2D eigenvalue weighted by Gasteiger charge is -2.59. The highest BCUT2D eigenvalue weighted by molar-refractivity contribution is 5.10. The van der Waals surface area contributed by atoms with Gasteiger partial charge in [0.05, 0.1) is 30.0 Å². The Hall–Kier alpha value is -0.200. The monoisotopic (exact) mass is 288 g/mol. The molecule has 2 saturated carbocycles. The summed E-state index contributed by atoms with van der Waals surface area (Å²) in [5.74, 6) is -1.00. The molecular weight excluding hydrogens is 260 g/mol. The molecule has 0 amide bonds. The summed E-state index contributed by atoms with van der Waals surface area (Å²) in [6.07, 6.45) is 0.595. The molecule has 2 fully saturated rings. The van der Waals surface area contributed by atoms with Gasteiger partial charge in [0.15, 0.2) is 0 Å². The van der Waals surface area contributed by atoms with E-state index in [0.29, 0.717) is 25.7 Å². The molecule has 5 nitrogen and oxygen atoms in total. The van der Waals surface area contributed by atoms with E-state index in [1.807, 2.05) is 6.92 Å². The fraction of sp³-hybridized carbons (Fsp3) is 1.00. The van der Waals surface area contributed by atoms with Gasteiger partial charge in [0.2, 0.25) is 0 Å². The molecule has 0 heterocycles. The standard InChI is InChI=1S/C15H28O5/c1-13-6-4-9(15(3,20)8-16)11(18)12(13)14(2,19)7-5-10(13)17/h9-12,16-20H,4-8H2,1-3H3/t9-,10-,11-,12-,13+,14-,15-/m1/s1. The maximum atomic E-state index is 10.7. The Morgan fingerprint density at radius 3 is 2.30 bits per heavy atom. The van der Waals surface area contributed by atoms with E-state index in [9.17, 15) is 25.5 Å². The van der Waals surface area contributed by atoms with Crippen LogP contribution < -0.4 is 0 Å². The van der Waals surface area contributed by atoms with E-state index in [-0.39, 0.29) is 0 Å². The second-order valence-electron chi connectivity index (χ2n) is 7.55. The van der Waals surface area contributed by atoms with Gasteiger partial charge in [-0.1, -0.05) is 6.92 Å². The van der Waals surface area contributed by atoms with Crippen molar-refractivity contribution in [2.45, 2.75) is 69.9 Å². The average Bonchev–Trinajstić information content (AvgIpc) is 2.34. The maximum absolute atomic E-state index is 10.7. The summed E-state index contributed by atoms with van der Waals surface area (Å²) in [5.41, 5.74) is -3.00. The van der Waals surface area contributed by atoms with Gasteiger partial charge in [-0.05, 0) is 39.5 Å². The third-order valence-electron chi connectivity index (χ3n) is 5.93. The van der Waals surface area contributed by atoms with Crippen LogP contribution in [0.3, 0.4) is 0 Å². The quantitative estimate of drug-likeness (QED) is 0.493. The molecule has 2 rings (SSSR count). The van der Waals surface area contributed by atoms with Gasteiger partial charge in [0, 0.05) is 17.3 Å². The van der Waals surface area contributed by atoms with Crippen LogP contribution in [-0.2, 0) is 0 Å². The molecule has 2 aliphatic rings. The summed E-state index contributed by atoms with van der Waals surface area (Å²) in [6, 6.07) is 0. The third-order valence-corrected chi connectivity index (χ3v) is 5.93. The number of hydrogen-bond donors (Lipinski definition) is 5. The Balaban J connectivity index is 2.36. The minimum absolute atomic E-state index is 0.428. The molecule has 5 N–H and O–H groups in total. The Labute approximate surface area is 120 Å². The number of aliphatic hydroxyl groups excluding tert-OH is 3. The Bertz CT molecular complexity index is 367. The highest BCUT2D eigenvalue weighted by Crippen LogP contribution is 2.56. The van der Waals surface area contributed by atoms with Gasteiger partial charge < -0.3 is 25.5 Å². The van der Waals surface area contributed by atoms with Crippen LogP contribution in [0.1, 0.15) is 46.5 Å². The molecule has 2 aliphatic carbocycles. The molecular formula is C15H28O5. The van der Waals surface area contributed by atoms with E-state index in [4.69, 9.17) is 0 Å². The van der Waals surface area contributed by atoms with E-state index < -0.39 is 47.3 Å². The van der Waals surface area contributed by atoms with Crippen molar-refractivity contribution in [3.8, 4) is 0 Å². The molecule has 20 heavy (non-hydrogen) atoms. The summed E-state index contributed by atoms with van der Waals surface area (Å²) in [5, 5.41) is 51.3. The highest BCUT2D eigenvalue weighted by atomic mass is 16.3. The van der Waals surface area contributed by atoms with Crippen LogP contribution in [-0.4, -0.2) is 55.5 Å². The zero-order chi connectivity index (χ0) is 15.3. The van der Waals surface area contributed by atoms with Crippen LogP contribution in [0.5, 0.6) is 0 Å². The van der Waals surface area contributed by atoms with Crippen LogP contribution in [0.25, 0.3) is 0 Å². The normalized spacial score (nSPS) is 52.2. The first-order valence-corrected chi connectivity index (χ1v) is 7.48. The molecule has 0 aromatic heterocycles. The molecule has 5 heteroatoms. The van der Waals surface area contributed by atoms with E-state index in [1.165, 1.54) is 6.92 Å². The summed E-state index contributed by atoms with van der Waals surface area (Å²) < 4.78 is 0. The lowest BCUT2D eigenvalue weighted by molar-refractivity contribution is -0.237. The predicted octanol–water partition coefficient (Wildman–Crippen LogP) is 0.0288. The van der Waals surface area contributed by atoms with Gasteiger partial charge in [-0.3, -0.25) is 0 Å². The van der Waals surface area contributed by atoms with E-state index in [0.717, 1.165) is 0 Å². The van der Waals surface area contributed by atoms with Gasteiger partial charge in [0.1, 0.15) is 0 Å². The van der Waals surface area contributed by atoms with Crippen molar-refractivity contribution in [2.75, 3.05) is 6.61 Å². The van der Waals surface area contributed by atoms with Gasteiger partial charge in [-0.2, -0.15) is 0 Å². The number of fused-ring (bicyclic) bond motifs is 1. The van der Waals surface area contributed by atoms with Crippen LogP contribution in [0.4, 0.5) is 0 Å². The molecule has 0 aliphatic heterocycles. The minimum atomic E-state index is -1.38. The molecule has 0 aromatic carbocycles. The number of hydrogen-bond acceptors (Lipinski definition) is 5. The molecule has 0 unspecified atom stereocenters. The molecule has 0 spiro atoms. The van der Waals surface area contributed by atoms with E-state index in [1.54, 1.807) is 6.92 Å². The smallest absolute Gasteiger partial charge is 0.0902 e. The van der Waals surface area contributed by atoms with Crippen molar-refractivity contribution < 1.29 is 25.5 Å². The van der Waals surface area contributed by atoms with Crippen molar-refractivity contribution in [3.05, 3.63) is 0 Å². The predicted molar refractivity (Wildman–Crippen MR) is 73.9 cm³/mol. The van der Waals surface area contributed by atoms with Crippen molar-refractivity contribution in [2.24, 2.45) is 17.3 Å². The largest absolute Gasteiger partial charge is 0.393 e. The topological polar surface area (TPSA) is 101 Å². The van der Waals surface area contributed by atoms with Crippen LogP contribution in [0, 0.1) is 17.3 Å². The van der Waals surface area contributed by atoms with Crippen molar-refractivity contribution in [1.82, 2.24) is 0 Å². The Morgan fingerprint density at radius 2 is 1.75 bits per heavy atom. The lowest BCUT2D eigenvalue weighted by atomic mass is 9.50. The summed E-state index contributed by atoms with van der Waals surface area (Å²) in [7, 11) is 0. The lowest BCUT2D eigenvalue weighted by Crippen LogP contribution is -2.65. The molecule has 0 bridgehead atoms. The van der Waals surface area contributed by atoms with Crippen molar-refractivity contribution >= 4 is 0 Å². The van der Waals surface area contributed by atoms with Gasteiger partial charge in [0.25, 0.3) is 0 Å². The second-order valence-corrected chi connectivity index (χ2v) is 7.55. The molecule has 118 valence electrons. The number of aliphatic hydroxyl groups is 5. The van der Waals surface area contributed by atoms with Crippen molar-refractivity contribution in [1.29, 1.82) is 0 Å². The summed E-state index contributed by atoms with van der Waals surface area (Å²) >= 11 is 0. The molecule has 0 saturated heterocycles. The zero-order valence-electron chi connectivity index (χ0n) is 12.6. The van der Waals surface area contributed by atoms with E-state index in [2.05, 4.69) is 0 Å². The fourth-order valence-electron chi connectivity index (χ4n) is 4.58. The van der Waals surface area contributed by atoms with Crippen molar-refractivity contribution in [3.63, 3.8) is 0 Å². The zero-order valence-corrected chi connectivity index (χ0v) is 12.6. The van der Waals surface area contributed by atoms with E-state index >= 15 is 0 Å². The first kappa shape index (κ1) is 16.2. The SMILES string of the molecule is C[C@@]12CC[C@@H]([C@](C)(O)CO)[C@@H](O)[C@H]1[C@](C)(O)CC[C@H]2O. The Morgan fingerprint density at radius 1 is 1.15 bits per heavy atom. The summed E-state index contributed by atoms with van der Waals surface area (Å²) in [4.78, 5) is 0. The van der Waals surface area contributed by atoms with Crippen LogP contribution in [0.2, 0.25) is 0 Å². The van der Waals surface area contributed by atoms with Crippen LogP contribution in [0.15, 0.2) is 0 Å². The second kappa shape index (κ2) is 4.92. The first-order valence-electron chi connectivity index (χ1n) is 7.48. The van der Waals surface area contributed by atoms with Gasteiger partial charge in [-0.25, -0.2) is 0 Å². The van der Waals surface area contributed by atoms with Crippen LogP contribution >= 0.6 is 0 Å². The maximum Gasteiger partial charge on any atom is 0.0902 e. The molecule has 0 radical (unpaired) electrons. The highest BCUT2D eigenvalue weighted by Gasteiger charge is 2.60. The first-order chi connectivity index (χ1) is 9.06. The number of rotatable bonds is 2. The summed E-state index contributed by atoms with van der Waals surface area (Å²) in [6.45, 7) is 4.69. The van der Waals surface area contributed by atoms with Gasteiger partial charge in [-0.15, -0.1) is 0 Å². The Kier molecular flexibility index (Phi) is 3.98.